The van der Waals surface area contributed by atoms with E-state index in [9.17, 15) is 0 Å². The molecule has 0 radical (unpaired) electrons. The molecule has 2 atom stereocenters. The zero-order chi connectivity index (χ0) is 15.1. The number of hydrogen-bond donors (Lipinski definition) is 1. The summed E-state index contributed by atoms with van der Waals surface area (Å²) in [6.07, 6.45) is 2.62. The third-order valence-electron chi connectivity index (χ3n) is 5.15. The minimum atomic E-state index is 0.506. The van der Waals surface area contributed by atoms with E-state index in [1.54, 1.807) is 11.3 Å². The summed E-state index contributed by atoms with van der Waals surface area (Å²) in [5.41, 5.74) is 0.964. The summed E-state index contributed by atoms with van der Waals surface area (Å²) >= 11 is 1.76. The van der Waals surface area contributed by atoms with Crippen molar-refractivity contribution in [2.75, 3.05) is 18.4 Å². The van der Waals surface area contributed by atoms with Gasteiger partial charge in [0.15, 0.2) is 0 Å². The van der Waals surface area contributed by atoms with Crippen LogP contribution in [0.25, 0.3) is 10.6 Å². The molecule has 0 aromatic carbocycles. The molecule has 3 saturated heterocycles. The van der Waals surface area contributed by atoms with Crippen LogP contribution in [-0.2, 0) is 0 Å². The van der Waals surface area contributed by atoms with Gasteiger partial charge in [0.2, 0.25) is 0 Å². The van der Waals surface area contributed by atoms with E-state index in [4.69, 9.17) is 0 Å². The van der Waals surface area contributed by atoms with Crippen LogP contribution in [0.4, 0.5) is 5.82 Å². The minimum absolute atomic E-state index is 0.506. The van der Waals surface area contributed by atoms with Crippen molar-refractivity contribution in [3.63, 3.8) is 0 Å². The van der Waals surface area contributed by atoms with Gasteiger partial charge < -0.3 is 5.32 Å². The molecule has 5 rings (SSSR count). The molecule has 2 bridgehead atoms. The number of nitrogens with one attached hydrogen (secondary N) is 1. The molecule has 0 amide bonds. The van der Waals surface area contributed by atoms with Gasteiger partial charge in [-0.3, -0.25) is 4.90 Å². The maximum absolute atomic E-state index is 4.40. The van der Waals surface area contributed by atoms with Crippen molar-refractivity contribution < 1.29 is 0 Å². The second kappa shape index (κ2) is 5.63. The molecule has 0 saturated carbocycles. The summed E-state index contributed by atoms with van der Waals surface area (Å²) in [7, 11) is 0. The van der Waals surface area contributed by atoms with Crippen molar-refractivity contribution in [2.45, 2.75) is 38.8 Å². The Balaban J connectivity index is 1.49. The number of fused-ring (bicyclic) bond motifs is 3. The predicted octanol–water partition coefficient (Wildman–Crippen LogP) is 3.41. The smallest absolute Gasteiger partial charge is 0.148 e. The number of hydrogen-bond acceptors (Lipinski definition) is 5. The average Bonchev–Trinajstić information content (AvgIpc) is 2.98. The number of piperidine rings is 3. The van der Waals surface area contributed by atoms with Gasteiger partial charge in [0.05, 0.1) is 4.88 Å². The molecule has 2 unspecified atom stereocenters. The molecule has 22 heavy (non-hydrogen) atoms. The molecule has 116 valence electrons. The Labute approximate surface area is 135 Å². The highest BCUT2D eigenvalue weighted by Crippen LogP contribution is 2.34. The van der Waals surface area contributed by atoms with Gasteiger partial charge in [-0.2, -0.15) is 0 Å². The molecule has 2 aromatic heterocycles. The summed E-state index contributed by atoms with van der Waals surface area (Å²) < 4.78 is 0. The van der Waals surface area contributed by atoms with E-state index in [0.717, 1.165) is 17.4 Å². The van der Waals surface area contributed by atoms with E-state index in [1.165, 1.54) is 35.7 Å². The molecule has 3 aliphatic rings. The number of rotatable bonds is 3. The van der Waals surface area contributed by atoms with Crippen LogP contribution >= 0.6 is 11.3 Å². The topological polar surface area (TPSA) is 41.0 Å². The summed E-state index contributed by atoms with van der Waals surface area (Å²) in [6, 6.07) is 9.49. The van der Waals surface area contributed by atoms with Gasteiger partial charge in [0, 0.05) is 17.0 Å². The fourth-order valence-electron chi connectivity index (χ4n) is 3.83. The van der Waals surface area contributed by atoms with E-state index in [0.29, 0.717) is 12.1 Å². The monoisotopic (exact) mass is 314 g/mol. The van der Waals surface area contributed by atoms with E-state index in [1.807, 2.05) is 0 Å². The van der Waals surface area contributed by atoms with Crippen molar-refractivity contribution in [2.24, 2.45) is 5.92 Å². The first-order valence-corrected chi connectivity index (χ1v) is 8.93. The predicted molar refractivity (Wildman–Crippen MR) is 91.3 cm³/mol. The van der Waals surface area contributed by atoms with Gasteiger partial charge in [-0.15, -0.1) is 21.5 Å². The van der Waals surface area contributed by atoms with Gasteiger partial charge in [0.1, 0.15) is 11.5 Å². The van der Waals surface area contributed by atoms with E-state index >= 15 is 0 Å². The highest BCUT2D eigenvalue weighted by atomic mass is 32.1. The first-order chi connectivity index (χ1) is 10.7. The van der Waals surface area contributed by atoms with Crippen LogP contribution in [-0.4, -0.2) is 40.3 Å². The first kappa shape index (κ1) is 14.2. The Bertz CT molecular complexity index is 641. The number of anilines is 1. The second-order valence-electron chi connectivity index (χ2n) is 6.50. The lowest BCUT2D eigenvalue weighted by atomic mass is 9.79. The van der Waals surface area contributed by atoms with Crippen molar-refractivity contribution in [1.82, 2.24) is 15.1 Å². The maximum atomic E-state index is 4.40. The van der Waals surface area contributed by atoms with Crippen molar-refractivity contribution in [3.05, 3.63) is 29.1 Å². The summed E-state index contributed by atoms with van der Waals surface area (Å²) in [5.74, 6) is 1.68. The number of nitrogens with zero attached hydrogens (tertiary/aromatic N) is 3. The van der Waals surface area contributed by atoms with Crippen LogP contribution in [0.2, 0.25) is 0 Å². The normalized spacial score (nSPS) is 30.5. The maximum Gasteiger partial charge on any atom is 0.148 e. The molecular formula is C17H22N4S. The Morgan fingerprint density at radius 1 is 1.14 bits per heavy atom. The first-order valence-electron chi connectivity index (χ1n) is 8.12. The second-order valence-corrected chi connectivity index (χ2v) is 7.79. The highest BCUT2D eigenvalue weighted by Gasteiger charge is 2.39. The van der Waals surface area contributed by atoms with Gasteiger partial charge in [0.25, 0.3) is 0 Å². The van der Waals surface area contributed by atoms with Crippen molar-refractivity contribution in [1.29, 1.82) is 0 Å². The zero-order valence-electron chi connectivity index (χ0n) is 13.1. The average molecular weight is 314 g/mol. The van der Waals surface area contributed by atoms with Crippen LogP contribution in [0.15, 0.2) is 24.3 Å². The Kier molecular flexibility index (Phi) is 3.62. The third kappa shape index (κ3) is 2.52. The minimum Gasteiger partial charge on any atom is -0.364 e. The summed E-state index contributed by atoms with van der Waals surface area (Å²) in [5, 5.41) is 12.4. The van der Waals surface area contributed by atoms with Gasteiger partial charge in [-0.05, 0) is 70.0 Å². The molecular weight excluding hydrogens is 292 g/mol. The molecule has 2 aromatic rings. The SMILES string of the molecule is Cc1ccc(-c2ccc(NC3C4CCN(CC4)C3C)nn2)s1. The van der Waals surface area contributed by atoms with Crippen LogP contribution in [0, 0.1) is 12.8 Å². The van der Waals surface area contributed by atoms with Crippen molar-refractivity contribution >= 4 is 17.2 Å². The van der Waals surface area contributed by atoms with E-state index in [-0.39, 0.29) is 0 Å². The molecule has 5 heterocycles. The quantitative estimate of drug-likeness (QED) is 0.942. The standard InChI is InChI=1S/C17H22N4S/c1-11-3-5-15(22-11)14-4-6-16(20-19-14)18-17-12(2)21-9-7-13(17)8-10-21/h3-6,12-13,17H,7-10H2,1-2H3,(H,18,20). The Hall–Kier alpha value is -1.46. The lowest BCUT2D eigenvalue weighted by molar-refractivity contribution is 0.0457. The lowest BCUT2D eigenvalue weighted by Crippen LogP contribution is -2.59. The number of aryl methyl sites for hydroxylation is 1. The van der Waals surface area contributed by atoms with Gasteiger partial charge in [-0.1, -0.05) is 0 Å². The molecule has 1 N–H and O–H groups in total. The van der Waals surface area contributed by atoms with Crippen LogP contribution < -0.4 is 5.32 Å². The zero-order valence-corrected chi connectivity index (χ0v) is 13.9. The molecule has 3 aliphatic heterocycles. The Morgan fingerprint density at radius 3 is 2.55 bits per heavy atom. The lowest BCUT2D eigenvalue weighted by Gasteiger charge is -2.50. The third-order valence-corrected chi connectivity index (χ3v) is 6.17. The van der Waals surface area contributed by atoms with Gasteiger partial charge in [-0.25, -0.2) is 0 Å². The van der Waals surface area contributed by atoms with E-state index in [2.05, 4.69) is 58.5 Å². The fourth-order valence-corrected chi connectivity index (χ4v) is 4.66. The summed E-state index contributed by atoms with van der Waals surface area (Å²) in [6.45, 7) is 6.96. The largest absolute Gasteiger partial charge is 0.364 e. The molecule has 0 aliphatic carbocycles. The molecule has 5 heteroatoms. The van der Waals surface area contributed by atoms with Crippen LogP contribution in [0.1, 0.15) is 24.6 Å². The van der Waals surface area contributed by atoms with Crippen LogP contribution in [0.5, 0.6) is 0 Å². The van der Waals surface area contributed by atoms with Gasteiger partial charge >= 0.3 is 0 Å². The molecule has 0 spiro atoms. The number of aromatic nitrogens is 2. The molecule has 3 fully saturated rings. The Morgan fingerprint density at radius 2 is 1.95 bits per heavy atom. The van der Waals surface area contributed by atoms with E-state index < -0.39 is 0 Å². The van der Waals surface area contributed by atoms with Crippen LogP contribution in [0.3, 0.4) is 0 Å². The molecule has 4 nitrogen and oxygen atoms in total. The summed E-state index contributed by atoms with van der Waals surface area (Å²) in [4.78, 5) is 5.08. The highest BCUT2D eigenvalue weighted by molar-refractivity contribution is 7.15. The van der Waals surface area contributed by atoms with Crippen molar-refractivity contribution in [3.8, 4) is 10.6 Å². The fraction of sp³-hybridized carbons (Fsp3) is 0.529. The number of thiophene rings is 1.